The molecule has 4 rings (SSSR count). The fraction of sp³-hybridized carbons (Fsp3) is 0.250. The number of benzene rings is 1. The van der Waals surface area contributed by atoms with Crippen LogP contribution < -0.4 is 0 Å². The van der Waals surface area contributed by atoms with E-state index in [9.17, 15) is 10.1 Å². The fourth-order valence-electron chi connectivity index (χ4n) is 3.48. The number of carbonyl (C=O) groups excluding carboxylic acids is 1. The Morgan fingerprint density at radius 3 is 2.69 bits per heavy atom. The molecule has 2 aromatic heterocycles. The number of piperidine rings is 1. The topological polar surface area (TPSA) is 72.8 Å². The first-order valence-corrected chi connectivity index (χ1v) is 9.43. The van der Waals surface area contributed by atoms with Crippen molar-refractivity contribution >= 4 is 17.2 Å². The highest BCUT2D eigenvalue weighted by molar-refractivity contribution is 7.13. The van der Waals surface area contributed by atoms with Crippen LogP contribution in [0.3, 0.4) is 0 Å². The van der Waals surface area contributed by atoms with Gasteiger partial charge in [-0.15, -0.1) is 11.3 Å². The number of likely N-dealkylation sites (tertiary alicyclic amines) is 1. The summed E-state index contributed by atoms with van der Waals surface area (Å²) in [6.07, 6.45) is 4.90. The Labute approximate surface area is 155 Å². The highest BCUT2D eigenvalue weighted by atomic mass is 32.1. The third-order valence-corrected chi connectivity index (χ3v) is 6.05. The number of rotatable bonds is 3. The largest absolute Gasteiger partial charge is 0.338 e. The molecule has 1 fully saturated rings. The average molecular weight is 362 g/mol. The minimum atomic E-state index is -0.491. The molecule has 0 spiro atoms. The third kappa shape index (κ3) is 2.91. The van der Waals surface area contributed by atoms with E-state index in [4.69, 9.17) is 0 Å². The monoisotopic (exact) mass is 362 g/mol. The van der Waals surface area contributed by atoms with E-state index in [0.717, 1.165) is 16.0 Å². The Morgan fingerprint density at radius 2 is 2.04 bits per heavy atom. The quantitative estimate of drug-likeness (QED) is 0.769. The van der Waals surface area contributed by atoms with Crippen molar-refractivity contribution in [2.75, 3.05) is 13.1 Å². The van der Waals surface area contributed by atoms with Crippen molar-refractivity contribution in [2.24, 2.45) is 0 Å². The van der Waals surface area contributed by atoms with Crippen LogP contribution in [0.4, 0.5) is 0 Å². The molecular weight excluding hydrogens is 344 g/mol. The van der Waals surface area contributed by atoms with Crippen molar-refractivity contribution in [3.05, 3.63) is 65.3 Å². The van der Waals surface area contributed by atoms with Crippen LogP contribution in [0.25, 0.3) is 10.4 Å². The Bertz CT molecular complexity index is 932. The minimum absolute atomic E-state index is 0.0376. The number of nitrogens with zero attached hydrogens (tertiary/aromatic N) is 3. The first kappa shape index (κ1) is 16.6. The first-order chi connectivity index (χ1) is 12.7. The smallest absolute Gasteiger partial charge is 0.254 e. The number of nitriles is 1. The molecule has 0 unspecified atom stereocenters. The second-order valence-electron chi connectivity index (χ2n) is 6.54. The molecule has 1 N–H and O–H groups in total. The van der Waals surface area contributed by atoms with Crippen LogP contribution in [-0.2, 0) is 5.41 Å². The maximum absolute atomic E-state index is 12.8. The molecule has 1 amide bonds. The lowest BCUT2D eigenvalue weighted by Crippen LogP contribution is -2.44. The van der Waals surface area contributed by atoms with E-state index in [1.807, 2.05) is 52.9 Å². The zero-order valence-corrected chi connectivity index (χ0v) is 15.0. The van der Waals surface area contributed by atoms with Gasteiger partial charge in [0, 0.05) is 35.1 Å². The van der Waals surface area contributed by atoms with Gasteiger partial charge in [0.1, 0.15) is 0 Å². The number of thiophene rings is 1. The van der Waals surface area contributed by atoms with Crippen molar-refractivity contribution in [1.82, 2.24) is 15.1 Å². The van der Waals surface area contributed by atoms with E-state index in [1.54, 1.807) is 17.5 Å². The number of hydrogen-bond donors (Lipinski definition) is 1. The molecule has 6 heteroatoms. The van der Waals surface area contributed by atoms with Crippen LogP contribution in [0.2, 0.25) is 0 Å². The predicted octanol–water partition coefficient (Wildman–Crippen LogP) is 3.84. The molecule has 5 nitrogen and oxygen atoms in total. The molecule has 3 heterocycles. The lowest BCUT2D eigenvalue weighted by molar-refractivity contribution is 0.0692. The van der Waals surface area contributed by atoms with Crippen molar-refractivity contribution < 1.29 is 4.79 Å². The Kier molecular flexibility index (Phi) is 4.31. The molecule has 130 valence electrons. The number of amides is 1. The molecule has 1 saturated heterocycles. The van der Waals surface area contributed by atoms with Crippen molar-refractivity contribution in [3.63, 3.8) is 0 Å². The van der Waals surface area contributed by atoms with Gasteiger partial charge in [-0.1, -0.05) is 30.3 Å². The van der Waals surface area contributed by atoms with Gasteiger partial charge >= 0.3 is 0 Å². The molecule has 0 aliphatic carbocycles. The zero-order valence-electron chi connectivity index (χ0n) is 14.2. The SMILES string of the molecule is N#CC1(c2ccccc2)CCN(C(=O)c2csc(-c3cn[nH]c3)c2)CC1. The molecule has 0 saturated carbocycles. The summed E-state index contributed by atoms with van der Waals surface area (Å²) in [5, 5.41) is 18.4. The second-order valence-corrected chi connectivity index (χ2v) is 7.45. The van der Waals surface area contributed by atoms with Crippen molar-refractivity contribution in [3.8, 4) is 16.5 Å². The summed E-state index contributed by atoms with van der Waals surface area (Å²) in [7, 11) is 0. The number of carbonyl (C=O) groups is 1. The van der Waals surface area contributed by atoms with Crippen LogP contribution in [0, 0.1) is 11.3 Å². The van der Waals surface area contributed by atoms with E-state index in [0.29, 0.717) is 31.5 Å². The molecular formula is C20H18N4OS. The number of H-pyrrole nitrogens is 1. The standard InChI is InChI=1S/C20H18N4OS/c21-14-20(17-4-2-1-3-5-17)6-8-24(9-7-20)19(25)15-10-18(26-13-15)16-11-22-23-12-16/h1-5,10-13H,6-9H2,(H,22,23). The predicted molar refractivity (Wildman–Crippen MR) is 101 cm³/mol. The zero-order chi connectivity index (χ0) is 18.0. The van der Waals surface area contributed by atoms with Gasteiger partial charge in [-0.25, -0.2) is 0 Å². The fourth-order valence-corrected chi connectivity index (χ4v) is 4.35. The lowest BCUT2D eigenvalue weighted by atomic mass is 9.74. The van der Waals surface area contributed by atoms with E-state index in [1.165, 1.54) is 0 Å². The van der Waals surface area contributed by atoms with Gasteiger partial charge < -0.3 is 4.90 Å². The summed E-state index contributed by atoms with van der Waals surface area (Å²) in [6, 6.07) is 14.3. The molecule has 1 aromatic carbocycles. The summed E-state index contributed by atoms with van der Waals surface area (Å²) >= 11 is 1.54. The summed E-state index contributed by atoms with van der Waals surface area (Å²) in [4.78, 5) is 15.7. The van der Waals surface area contributed by atoms with Crippen LogP contribution in [0.15, 0.2) is 54.2 Å². The third-order valence-electron chi connectivity index (χ3n) is 5.07. The summed E-state index contributed by atoms with van der Waals surface area (Å²) in [5.74, 6) is 0.0376. The first-order valence-electron chi connectivity index (χ1n) is 8.56. The van der Waals surface area contributed by atoms with Gasteiger partial charge in [0.05, 0.1) is 23.2 Å². The van der Waals surface area contributed by atoms with E-state index >= 15 is 0 Å². The molecule has 1 aliphatic heterocycles. The maximum atomic E-state index is 12.8. The molecule has 26 heavy (non-hydrogen) atoms. The average Bonchev–Trinajstić information content (AvgIpc) is 3.40. The minimum Gasteiger partial charge on any atom is -0.338 e. The van der Waals surface area contributed by atoms with Gasteiger partial charge in [-0.3, -0.25) is 9.89 Å². The van der Waals surface area contributed by atoms with Gasteiger partial charge in [0.15, 0.2) is 0 Å². The number of aromatic nitrogens is 2. The highest BCUT2D eigenvalue weighted by Gasteiger charge is 2.37. The van der Waals surface area contributed by atoms with Crippen LogP contribution in [0.5, 0.6) is 0 Å². The summed E-state index contributed by atoms with van der Waals surface area (Å²) in [5.41, 5.74) is 2.25. The number of hydrogen-bond acceptors (Lipinski definition) is 4. The van der Waals surface area contributed by atoms with Crippen LogP contribution >= 0.6 is 11.3 Å². The summed E-state index contributed by atoms with van der Waals surface area (Å²) < 4.78 is 0. The van der Waals surface area contributed by atoms with Crippen molar-refractivity contribution in [1.29, 1.82) is 5.26 Å². The Morgan fingerprint density at radius 1 is 1.27 bits per heavy atom. The molecule has 0 radical (unpaired) electrons. The Balaban J connectivity index is 1.48. The van der Waals surface area contributed by atoms with Crippen LogP contribution in [0.1, 0.15) is 28.8 Å². The number of nitrogens with one attached hydrogen (secondary N) is 1. The van der Waals surface area contributed by atoms with E-state index in [-0.39, 0.29) is 5.91 Å². The van der Waals surface area contributed by atoms with Crippen molar-refractivity contribution in [2.45, 2.75) is 18.3 Å². The molecule has 3 aromatic rings. The van der Waals surface area contributed by atoms with E-state index in [2.05, 4.69) is 16.3 Å². The molecule has 0 bridgehead atoms. The lowest BCUT2D eigenvalue weighted by Gasteiger charge is -2.37. The van der Waals surface area contributed by atoms with Gasteiger partial charge in [-0.2, -0.15) is 10.4 Å². The summed E-state index contributed by atoms with van der Waals surface area (Å²) in [6.45, 7) is 1.19. The highest BCUT2D eigenvalue weighted by Crippen LogP contribution is 2.35. The number of aromatic amines is 1. The van der Waals surface area contributed by atoms with E-state index < -0.39 is 5.41 Å². The maximum Gasteiger partial charge on any atom is 0.254 e. The second kappa shape index (κ2) is 6.77. The van der Waals surface area contributed by atoms with Gasteiger partial charge in [0.25, 0.3) is 5.91 Å². The molecule has 1 aliphatic rings. The normalized spacial score (nSPS) is 16.2. The van der Waals surface area contributed by atoms with Crippen LogP contribution in [-0.4, -0.2) is 34.1 Å². The Hall–Kier alpha value is -2.91. The molecule has 0 atom stereocenters. The van der Waals surface area contributed by atoms with Gasteiger partial charge in [-0.05, 0) is 24.5 Å². The van der Waals surface area contributed by atoms with Gasteiger partial charge in [0.2, 0.25) is 0 Å².